The summed E-state index contributed by atoms with van der Waals surface area (Å²) in [5.74, 6) is 2.53. The fraction of sp³-hybridized carbons (Fsp3) is 0.579. The van der Waals surface area contributed by atoms with Crippen molar-refractivity contribution < 1.29 is 14.2 Å². The van der Waals surface area contributed by atoms with Crippen LogP contribution in [0.5, 0.6) is 17.4 Å². The molecule has 136 valence electrons. The minimum Gasteiger partial charge on any atom is -0.493 e. The Labute approximate surface area is 149 Å². The maximum atomic E-state index is 5.80. The normalized spacial score (nSPS) is 15.2. The number of aromatic nitrogens is 2. The standard InChI is InChI=1S/C19H27N3O3/c1-5-25-18-14-11-12-15(23-3)17(24-4)16(14)20-19(21-18)22(2)13-9-7-6-8-10-13/h11-13H,5-10H2,1-4H3. The molecule has 0 saturated heterocycles. The molecule has 3 rings (SSSR count). The van der Waals surface area contributed by atoms with Crippen molar-refractivity contribution in [1.82, 2.24) is 9.97 Å². The Morgan fingerprint density at radius 2 is 1.84 bits per heavy atom. The highest BCUT2D eigenvalue weighted by atomic mass is 16.5. The second-order valence-electron chi connectivity index (χ2n) is 6.36. The molecule has 2 aromatic rings. The van der Waals surface area contributed by atoms with Gasteiger partial charge in [0.25, 0.3) is 0 Å². The van der Waals surface area contributed by atoms with E-state index in [9.17, 15) is 0 Å². The van der Waals surface area contributed by atoms with E-state index in [-0.39, 0.29) is 0 Å². The molecule has 0 N–H and O–H groups in total. The van der Waals surface area contributed by atoms with E-state index >= 15 is 0 Å². The van der Waals surface area contributed by atoms with Crippen molar-refractivity contribution in [3.63, 3.8) is 0 Å². The van der Waals surface area contributed by atoms with Gasteiger partial charge in [-0.15, -0.1) is 0 Å². The van der Waals surface area contributed by atoms with Crippen LogP contribution in [0.3, 0.4) is 0 Å². The van der Waals surface area contributed by atoms with Crippen molar-refractivity contribution in [2.24, 2.45) is 0 Å². The first-order chi connectivity index (χ1) is 12.2. The van der Waals surface area contributed by atoms with Crippen LogP contribution >= 0.6 is 0 Å². The summed E-state index contributed by atoms with van der Waals surface area (Å²) in [6, 6.07) is 4.25. The van der Waals surface area contributed by atoms with Crippen molar-refractivity contribution in [2.75, 3.05) is 32.8 Å². The number of nitrogens with zero attached hydrogens (tertiary/aromatic N) is 3. The molecule has 1 aliphatic rings. The molecule has 1 saturated carbocycles. The summed E-state index contributed by atoms with van der Waals surface area (Å²) in [6.45, 7) is 2.51. The molecule has 0 amide bonds. The zero-order chi connectivity index (χ0) is 17.8. The van der Waals surface area contributed by atoms with E-state index in [4.69, 9.17) is 24.2 Å². The van der Waals surface area contributed by atoms with E-state index in [0.29, 0.717) is 36.0 Å². The summed E-state index contributed by atoms with van der Waals surface area (Å²) < 4.78 is 16.8. The average Bonchev–Trinajstić information content (AvgIpc) is 2.67. The number of benzene rings is 1. The van der Waals surface area contributed by atoms with Crippen LogP contribution in [0, 0.1) is 0 Å². The fourth-order valence-corrected chi connectivity index (χ4v) is 3.51. The second-order valence-corrected chi connectivity index (χ2v) is 6.36. The Bertz CT molecular complexity index is 729. The van der Waals surface area contributed by atoms with Crippen LogP contribution in [0.15, 0.2) is 12.1 Å². The van der Waals surface area contributed by atoms with Crippen molar-refractivity contribution in [1.29, 1.82) is 0 Å². The Balaban J connectivity index is 2.11. The molecular weight excluding hydrogens is 318 g/mol. The van der Waals surface area contributed by atoms with Crippen LogP contribution in [0.4, 0.5) is 5.95 Å². The van der Waals surface area contributed by atoms with E-state index in [1.54, 1.807) is 14.2 Å². The van der Waals surface area contributed by atoms with Gasteiger partial charge in [-0.1, -0.05) is 19.3 Å². The summed E-state index contributed by atoms with van der Waals surface area (Å²) >= 11 is 0. The molecule has 1 fully saturated rings. The monoisotopic (exact) mass is 345 g/mol. The highest BCUT2D eigenvalue weighted by Crippen LogP contribution is 2.38. The summed E-state index contributed by atoms with van der Waals surface area (Å²) in [4.78, 5) is 11.7. The lowest BCUT2D eigenvalue weighted by Crippen LogP contribution is -2.34. The van der Waals surface area contributed by atoms with E-state index in [1.165, 1.54) is 32.1 Å². The molecule has 1 aromatic carbocycles. The fourth-order valence-electron chi connectivity index (χ4n) is 3.51. The van der Waals surface area contributed by atoms with Crippen molar-refractivity contribution >= 4 is 16.9 Å². The quantitative estimate of drug-likeness (QED) is 0.793. The van der Waals surface area contributed by atoms with Gasteiger partial charge in [0.15, 0.2) is 11.5 Å². The highest BCUT2D eigenvalue weighted by Gasteiger charge is 2.23. The Morgan fingerprint density at radius 3 is 2.48 bits per heavy atom. The summed E-state index contributed by atoms with van der Waals surface area (Å²) in [7, 11) is 5.33. The lowest BCUT2D eigenvalue weighted by molar-refractivity contribution is 0.329. The highest BCUT2D eigenvalue weighted by molar-refractivity contribution is 5.91. The molecule has 6 heteroatoms. The van der Waals surface area contributed by atoms with E-state index in [0.717, 1.165) is 10.9 Å². The third kappa shape index (κ3) is 3.43. The molecule has 0 bridgehead atoms. The molecule has 0 atom stereocenters. The Kier molecular flexibility index (Phi) is 5.46. The number of rotatable bonds is 6. The number of ether oxygens (including phenoxy) is 3. The summed E-state index contributed by atoms with van der Waals surface area (Å²) in [5, 5.41) is 0.834. The number of methoxy groups -OCH3 is 2. The van der Waals surface area contributed by atoms with E-state index < -0.39 is 0 Å². The van der Waals surface area contributed by atoms with Crippen LogP contribution in [0.1, 0.15) is 39.0 Å². The number of fused-ring (bicyclic) bond motifs is 1. The zero-order valence-corrected chi connectivity index (χ0v) is 15.5. The van der Waals surface area contributed by atoms with Crippen molar-refractivity contribution in [3.8, 4) is 17.4 Å². The van der Waals surface area contributed by atoms with Crippen LogP contribution in [-0.2, 0) is 0 Å². The molecule has 6 nitrogen and oxygen atoms in total. The predicted molar refractivity (Wildman–Crippen MR) is 99.1 cm³/mol. The maximum absolute atomic E-state index is 5.80. The van der Waals surface area contributed by atoms with Crippen LogP contribution in [0.2, 0.25) is 0 Å². The van der Waals surface area contributed by atoms with Gasteiger partial charge >= 0.3 is 0 Å². The molecule has 1 aromatic heterocycles. The van der Waals surface area contributed by atoms with Gasteiger partial charge in [-0.25, -0.2) is 4.98 Å². The van der Waals surface area contributed by atoms with Gasteiger partial charge < -0.3 is 19.1 Å². The van der Waals surface area contributed by atoms with Gasteiger partial charge in [0.05, 0.1) is 26.2 Å². The first kappa shape index (κ1) is 17.6. The molecule has 0 radical (unpaired) electrons. The lowest BCUT2D eigenvalue weighted by Gasteiger charge is -2.31. The van der Waals surface area contributed by atoms with Crippen molar-refractivity contribution in [2.45, 2.75) is 45.1 Å². The maximum Gasteiger partial charge on any atom is 0.229 e. The van der Waals surface area contributed by atoms with Gasteiger partial charge in [0, 0.05) is 13.1 Å². The van der Waals surface area contributed by atoms with Crippen LogP contribution in [-0.4, -0.2) is 43.9 Å². The molecular formula is C19H27N3O3. The number of hydrogen-bond donors (Lipinski definition) is 0. The van der Waals surface area contributed by atoms with E-state index in [2.05, 4.69) is 11.9 Å². The molecule has 0 aliphatic heterocycles. The summed E-state index contributed by atoms with van der Waals surface area (Å²) in [5.41, 5.74) is 0.720. The van der Waals surface area contributed by atoms with Crippen molar-refractivity contribution in [3.05, 3.63) is 12.1 Å². The molecule has 1 aliphatic carbocycles. The zero-order valence-electron chi connectivity index (χ0n) is 15.5. The van der Waals surface area contributed by atoms with Gasteiger partial charge in [0.2, 0.25) is 11.8 Å². The number of anilines is 1. The van der Waals surface area contributed by atoms with Gasteiger partial charge in [0.1, 0.15) is 5.52 Å². The molecule has 0 unspecified atom stereocenters. The number of hydrogen-bond acceptors (Lipinski definition) is 6. The smallest absolute Gasteiger partial charge is 0.229 e. The average molecular weight is 345 g/mol. The lowest BCUT2D eigenvalue weighted by atomic mass is 9.95. The minimum absolute atomic E-state index is 0.470. The largest absolute Gasteiger partial charge is 0.493 e. The van der Waals surface area contributed by atoms with Crippen LogP contribution < -0.4 is 19.1 Å². The van der Waals surface area contributed by atoms with E-state index in [1.807, 2.05) is 19.1 Å². The third-order valence-corrected chi connectivity index (χ3v) is 4.88. The minimum atomic E-state index is 0.470. The first-order valence-electron chi connectivity index (χ1n) is 8.98. The molecule has 0 spiro atoms. The Morgan fingerprint density at radius 1 is 1.08 bits per heavy atom. The second kappa shape index (κ2) is 7.76. The molecule has 1 heterocycles. The van der Waals surface area contributed by atoms with Gasteiger partial charge in [-0.3, -0.25) is 0 Å². The molecule has 25 heavy (non-hydrogen) atoms. The van der Waals surface area contributed by atoms with Gasteiger partial charge in [-0.05, 0) is 31.9 Å². The summed E-state index contributed by atoms with van der Waals surface area (Å²) in [6.07, 6.45) is 6.20. The SMILES string of the molecule is CCOc1nc(N(C)C2CCCCC2)nc2c(OC)c(OC)ccc12. The first-order valence-corrected chi connectivity index (χ1v) is 8.98. The third-order valence-electron chi connectivity index (χ3n) is 4.88. The predicted octanol–water partition coefficient (Wildman–Crippen LogP) is 3.81. The van der Waals surface area contributed by atoms with Gasteiger partial charge in [-0.2, -0.15) is 4.98 Å². The Hall–Kier alpha value is -2.24. The van der Waals surface area contributed by atoms with Crippen LogP contribution in [0.25, 0.3) is 10.9 Å². The topological polar surface area (TPSA) is 56.7 Å².